The van der Waals surface area contributed by atoms with Crippen molar-refractivity contribution in [2.24, 2.45) is 0 Å². The van der Waals surface area contributed by atoms with E-state index in [0.717, 1.165) is 57.8 Å². The number of phosphoric ester groups is 1. The summed E-state index contributed by atoms with van der Waals surface area (Å²) < 4.78 is 34.2. The Morgan fingerprint density at radius 2 is 0.869 bits per heavy atom. The summed E-state index contributed by atoms with van der Waals surface area (Å²) in [5.74, 6) is -0.482. The van der Waals surface area contributed by atoms with Crippen molar-refractivity contribution in [3.8, 4) is 0 Å². The van der Waals surface area contributed by atoms with Gasteiger partial charge in [0.05, 0.1) is 13.2 Å². The van der Waals surface area contributed by atoms with Gasteiger partial charge in [-0.05, 0) is 64.2 Å². The Balaban J connectivity index is 2.37. The number of phosphoric acid groups is 1. The number of unbranched alkanes of at least 4 members (excludes halogenated alkanes) is 26. The molecule has 13 heteroatoms. The maximum atomic E-state index is 12.8. The highest BCUT2D eigenvalue weighted by atomic mass is 31.2. The number of esters is 1. The van der Waals surface area contributed by atoms with Gasteiger partial charge in [0.15, 0.2) is 0 Å². The lowest BCUT2D eigenvalue weighted by Gasteiger charge is -2.41. The number of carbonyl (C=O) groups excluding carboxylic acids is 1. The van der Waals surface area contributed by atoms with E-state index in [1.807, 2.05) is 0 Å². The molecule has 0 aromatic rings. The second-order valence-corrected chi connectivity index (χ2v) is 18.7. The highest BCUT2D eigenvalue weighted by Crippen LogP contribution is 2.47. The predicted molar refractivity (Wildman–Crippen MR) is 244 cm³/mol. The Hall–Kier alpha value is -1.18. The van der Waals surface area contributed by atoms with E-state index in [4.69, 9.17) is 18.5 Å². The minimum Gasteiger partial charge on any atom is -0.457 e. The number of aliphatic hydroxyl groups excluding tert-OH is 5. The first-order valence-corrected chi connectivity index (χ1v) is 26.2. The fraction of sp³-hybridized carbons (Fsp3) is 0.896. The van der Waals surface area contributed by atoms with Crippen LogP contribution in [0.3, 0.4) is 0 Å². The third kappa shape index (κ3) is 31.4. The van der Waals surface area contributed by atoms with Crippen molar-refractivity contribution in [2.45, 2.75) is 256 Å². The summed E-state index contributed by atoms with van der Waals surface area (Å²) in [6.07, 6.45) is 32.4. The Kier molecular flexibility index (Phi) is 37.2. The molecule has 61 heavy (non-hydrogen) atoms. The van der Waals surface area contributed by atoms with Crippen LogP contribution in [-0.4, -0.2) is 98.9 Å². The number of ether oxygens (including phenoxy) is 2. The molecular formula is C48H91O12P. The number of carbonyl (C=O) groups is 1. The van der Waals surface area contributed by atoms with E-state index in [1.165, 1.54) is 128 Å². The lowest BCUT2D eigenvalue weighted by Crippen LogP contribution is -2.64. The van der Waals surface area contributed by atoms with Gasteiger partial charge in [0, 0.05) is 13.0 Å². The number of allylic oxidation sites excluding steroid dienone is 4. The fourth-order valence-corrected chi connectivity index (χ4v) is 8.55. The summed E-state index contributed by atoms with van der Waals surface area (Å²) >= 11 is 0. The van der Waals surface area contributed by atoms with E-state index in [0.29, 0.717) is 13.0 Å². The summed E-state index contributed by atoms with van der Waals surface area (Å²) in [4.78, 5) is 23.2. The first-order chi connectivity index (χ1) is 29.5. The van der Waals surface area contributed by atoms with Crippen LogP contribution in [0.25, 0.3) is 0 Å². The summed E-state index contributed by atoms with van der Waals surface area (Å²) in [6, 6.07) is 0. The van der Waals surface area contributed by atoms with Gasteiger partial charge in [0.1, 0.15) is 42.7 Å². The molecule has 0 aromatic heterocycles. The Morgan fingerprint density at radius 1 is 0.508 bits per heavy atom. The smallest absolute Gasteiger partial charge is 0.457 e. The van der Waals surface area contributed by atoms with Crippen LogP contribution in [0.15, 0.2) is 24.3 Å². The molecular weight excluding hydrogens is 799 g/mol. The molecule has 0 bridgehead atoms. The number of hydrogen-bond donors (Lipinski definition) is 6. The molecule has 1 rings (SSSR count). The van der Waals surface area contributed by atoms with Crippen molar-refractivity contribution in [2.75, 3.05) is 19.8 Å². The number of hydrogen-bond acceptors (Lipinski definition) is 11. The molecule has 6 atom stereocenters. The topological polar surface area (TPSA) is 192 Å². The summed E-state index contributed by atoms with van der Waals surface area (Å²) in [5.41, 5.74) is 0. The maximum absolute atomic E-state index is 12.8. The fourth-order valence-electron chi connectivity index (χ4n) is 7.58. The van der Waals surface area contributed by atoms with Crippen molar-refractivity contribution >= 4 is 13.8 Å². The van der Waals surface area contributed by atoms with Crippen molar-refractivity contribution in [3.63, 3.8) is 0 Å². The van der Waals surface area contributed by atoms with Gasteiger partial charge in [-0.25, -0.2) is 4.57 Å². The van der Waals surface area contributed by atoms with Gasteiger partial charge in [-0.1, -0.05) is 167 Å². The highest BCUT2D eigenvalue weighted by Gasteiger charge is 2.51. The maximum Gasteiger partial charge on any atom is 0.472 e. The standard InChI is InChI=1S/C48H91O12P/c1-3-5-7-9-11-13-15-17-19-21-22-23-25-27-29-31-33-35-37-42(49)59-41(40-58-61(55,56)60-48-46(53)44(51)43(50)45(52)47(48)54)39-57-38-36-34-32-30-28-26-24-20-18-16-14-12-10-8-6-4-2/h18-21,41,43-48,50-54H,3-17,22-40H2,1-2H3,(H,55,56)/b20-18-,21-19-. The summed E-state index contributed by atoms with van der Waals surface area (Å²) in [5, 5.41) is 50.2. The van der Waals surface area contributed by atoms with E-state index in [1.54, 1.807) is 0 Å². The van der Waals surface area contributed by atoms with Crippen LogP contribution in [0.4, 0.5) is 0 Å². The van der Waals surface area contributed by atoms with Crippen LogP contribution < -0.4 is 0 Å². The Labute approximate surface area is 370 Å². The molecule has 1 aliphatic rings. The quantitative estimate of drug-likeness (QED) is 0.0147. The molecule has 0 amide bonds. The molecule has 0 aromatic carbocycles. The first kappa shape index (κ1) is 57.8. The SMILES string of the molecule is CCCCCCCC/C=C\CCCCCCCCOCC(COP(=O)(O)OC1C(O)C(O)C(O)C(O)C1O)OC(=O)CCCCCCCCC/C=C\CCCCCCCCC. The second-order valence-electron chi connectivity index (χ2n) is 17.3. The zero-order valence-electron chi connectivity index (χ0n) is 38.5. The van der Waals surface area contributed by atoms with Gasteiger partial charge in [0.2, 0.25) is 0 Å². The molecule has 0 saturated heterocycles. The predicted octanol–water partition coefficient (Wildman–Crippen LogP) is 10.5. The molecule has 360 valence electrons. The average Bonchev–Trinajstić information content (AvgIpc) is 3.24. The zero-order valence-corrected chi connectivity index (χ0v) is 39.4. The highest BCUT2D eigenvalue weighted by molar-refractivity contribution is 7.47. The second kappa shape index (κ2) is 39.2. The van der Waals surface area contributed by atoms with E-state index in [-0.39, 0.29) is 13.0 Å². The Morgan fingerprint density at radius 3 is 1.30 bits per heavy atom. The van der Waals surface area contributed by atoms with E-state index in [9.17, 15) is 39.8 Å². The first-order valence-electron chi connectivity index (χ1n) is 24.7. The molecule has 1 fully saturated rings. The van der Waals surface area contributed by atoms with Crippen molar-refractivity contribution in [1.82, 2.24) is 0 Å². The van der Waals surface area contributed by atoms with Gasteiger partial charge in [-0.15, -0.1) is 0 Å². The molecule has 12 nitrogen and oxygen atoms in total. The summed E-state index contributed by atoms with van der Waals surface area (Å²) in [7, 11) is -5.02. The van der Waals surface area contributed by atoms with Gasteiger partial charge in [-0.2, -0.15) is 0 Å². The van der Waals surface area contributed by atoms with Crippen molar-refractivity contribution in [1.29, 1.82) is 0 Å². The molecule has 1 aliphatic carbocycles. The zero-order chi connectivity index (χ0) is 44.8. The van der Waals surface area contributed by atoms with Crippen LogP contribution in [0.1, 0.15) is 213 Å². The minimum atomic E-state index is -5.02. The molecule has 6 N–H and O–H groups in total. The largest absolute Gasteiger partial charge is 0.472 e. The number of rotatable bonds is 42. The van der Waals surface area contributed by atoms with E-state index < -0.39 is 63.1 Å². The van der Waals surface area contributed by atoms with Gasteiger partial charge in [-0.3, -0.25) is 13.8 Å². The summed E-state index contributed by atoms with van der Waals surface area (Å²) in [6.45, 7) is 4.26. The van der Waals surface area contributed by atoms with Crippen LogP contribution in [0.5, 0.6) is 0 Å². The monoisotopic (exact) mass is 891 g/mol. The van der Waals surface area contributed by atoms with Crippen LogP contribution in [0.2, 0.25) is 0 Å². The Bertz CT molecular complexity index is 1110. The van der Waals surface area contributed by atoms with Crippen LogP contribution in [-0.2, 0) is 27.9 Å². The van der Waals surface area contributed by atoms with Crippen molar-refractivity contribution < 1.29 is 58.3 Å². The van der Waals surface area contributed by atoms with E-state index >= 15 is 0 Å². The normalized spacial score (nSPS) is 22.3. The van der Waals surface area contributed by atoms with Gasteiger partial charge in [0.25, 0.3) is 0 Å². The van der Waals surface area contributed by atoms with Gasteiger partial charge < -0.3 is 39.9 Å². The third-order valence-electron chi connectivity index (χ3n) is 11.5. The molecule has 0 radical (unpaired) electrons. The van der Waals surface area contributed by atoms with E-state index in [2.05, 4.69) is 38.2 Å². The van der Waals surface area contributed by atoms with Gasteiger partial charge >= 0.3 is 13.8 Å². The molecule has 0 heterocycles. The lowest BCUT2D eigenvalue weighted by molar-refractivity contribution is -0.220. The van der Waals surface area contributed by atoms with Crippen LogP contribution in [0, 0.1) is 0 Å². The van der Waals surface area contributed by atoms with Crippen molar-refractivity contribution in [3.05, 3.63) is 24.3 Å². The lowest BCUT2D eigenvalue weighted by atomic mass is 9.85. The number of aliphatic hydroxyl groups is 5. The molecule has 0 aliphatic heterocycles. The minimum absolute atomic E-state index is 0.0799. The molecule has 0 spiro atoms. The molecule has 6 unspecified atom stereocenters. The van der Waals surface area contributed by atoms with Crippen LogP contribution >= 0.6 is 7.82 Å². The molecule has 1 saturated carbocycles. The average molecular weight is 891 g/mol. The third-order valence-corrected chi connectivity index (χ3v) is 12.5.